The zero-order chi connectivity index (χ0) is 19.3. The van der Waals surface area contributed by atoms with Gasteiger partial charge in [-0.15, -0.1) is 0 Å². The molecule has 0 saturated heterocycles. The Morgan fingerprint density at radius 1 is 0.462 bits per heavy atom. The first-order valence-electron chi connectivity index (χ1n) is 12.5. The van der Waals surface area contributed by atoms with Crippen molar-refractivity contribution < 1.29 is 4.48 Å². The lowest BCUT2D eigenvalue weighted by Gasteiger charge is -2.35. The van der Waals surface area contributed by atoms with Crippen molar-refractivity contribution in [1.29, 1.82) is 0 Å². The number of unbranched alkanes of at least 4 members (excludes halogenated alkanes) is 14. The molecule has 0 aliphatic rings. The van der Waals surface area contributed by atoms with Crippen molar-refractivity contribution in [3.63, 3.8) is 0 Å². The van der Waals surface area contributed by atoms with Crippen LogP contribution >= 0.6 is 0 Å². The summed E-state index contributed by atoms with van der Waals surface area (Å²) < 4.78 is 1.37. The van der Waals surface area contributed by atoms with Crippen molar-refractivity contribution in [2.75, 3.05) is 26.7 Å². The third-order valence-electron chi connectivity index (χ3n) is 6.15. The van der Waals surface area contributed by atoms with Crippen molar-refractivity contribution in [2.45, 2.75) is 129 Å². The van der Waals surface area contributed by atoms with E-state index in [4.69, 9.17) is 0 Å². The second-order valence-corrected chi connectivity index (χ2v) is 10.1. The second-order valence-electron chi connectivity index (χ2n) is 9.09. The largest absolute Gasteiger partial charge is 0.326 e. The monoisotopic (exact) mass is 384 g/mol. The number of hydrogen-bond acceptors (Lipinski definition) is 0. The normalized spacial score (nSPS) is 12.1. The summed E-state index contributed by atoms with van der Waals surface area (Å²) in [5.74, 6) is 0. The van der Waals surface area contributed by atoms with E-state index in [1.807, 2.05) is 0 Å². The highest BCUT2D eigenvalue weighted by molar-refractivity contribution is 6.08. The van der Waals surface area contributed by atoms with E-state index >= 15 is 0 Å². The maximum atomic E-state index is 2.56. The number of quaternary nitrogens is 1. The van der Waals surface area contributed by atoms with Crippen molar-refractivity contribution in [2.24, 2.45) is 0 Å². The van der Waals surface area contributed by atoms with Crippen LogP contribution in [0.1, 0.15) is 123 Å². The fourth-order valence-electron chi connectivity index (χ4n) is 4.13. The molecule has 0 N–H and O–H groups in total. The first-order valence-corrected chi connectivity index (χ1v) is 13.9. The molecule has 0 aromatic rings. The van der Waals surface area contributed by atoms with Gasteiger partial charge >= 0.3 is 0 Å². The van der Waals surface area contributed by atoms with Gasteiger partial charge in [0, 0.05) is 10.2 Å². The zero-order valence-corrected chi connectivity index (χ0v) is 21.3. The third-order valence-corrected chi connectivity index (χ3v) is 6.86. The Labute approximate surface area is 170 Å². The van der Waals surface area contributed by atoms with Gasteiger partial charge in [0.05, 0.1) is 26.7 Å². The van der Waals surface area contributed by atoms with Crippen molar-refractivity contribution in [3.05, 3.63) is 0 Å². The minimum atomic E-state index is 1.37. The molecule has 2 heteroatoms. The Hall–Kier alpha value is 0.177. The number of hydrogen-bond donors (Lipinski definition) is 0. The predicted molar refractivity (Wildman–Crippen MR) is 125 cm³/mol. The fraction of sp³-hybridized carbons (Fsp3) is 1.00. The van der Waals surface area contributed by atoms with Crippen LogP contribution in [0.5, 0.6) is 0 Å². The van der Waals surface area contributed by atoms with Gasteiger partial charge in [-0.05, 0) is 32.1 Å². The first-order chi connectivity index (χ1) is 12.7. The van der Waals surface area contributed by atoms with Gasteiger partial charge in [0.2, 0.25) is 0 Å². The maximum Gasteiger partial charge on any atom is 0.0784 e. The van der Waals surface area contributed by atoms with Crippen LogP contribution < -0.4 is 0 Å². The standard InChI is InChI=1S/C24H54NSi/c1-4-6-8-10-12-14-16-18-21-25(3,23-20-24-26)22-19-17-15-13-11-9-7-5-2/h4-24H2,1-3,26H3/q+1. The summed E-state index contributed by atoms with van der Waals surface area (Å²) in [7, 11) is 3.94. The molecule has 0 rings (SSSR count). The van der Waals surface area contributed by atoms with E-state index in [9.17, 15) is 0 Å². The highest BCUT2D eigenvalue weighted by Crippen LogP contribution is 2.15. The molecule has 26 heavy (non-hydrogen) atoms. The van der Waals surface area contributed by atoms with E-state index < -0.39 is 0 Å². The first kappa shape index (κ1) is 26.2. The maximum absolute atomic E-state index is 2.56. The van der Waals surface area contributed by atoms with Crippen LogP contribution in [-0.4, -0.2) is 41.4 Å². The Morgan fingerprint density at radius 2 is 0.769 bits per heavy atom. The minimum absolute atomic E-state index is 1.37. The SMILES string of the molecule is CCCCCCCCCC[N+](C)(CCC[SiH3])CCCCCCCCCC. The summed E-state index contributed by atoms with van der Waals surface area (Å²) in [4.78, 5) is 0. The average Bonchev–Trinajstić information content (AvgIpc) is 2.64. The summed E-state index contributed by atoms with van der Waals surface area (Å²) in [6, 6.07) is 1.49. The molecule has 0 aliphatic carbocycles. The molecule has 0 atom stereocenters. The summed E-state index contributed by atoms with van der Waals surface area (Å²) in [5.41, 5.74) is 0. The lowest BCUT2D eigenvalue weighted by Crippen LogP contribution is -2.46. The van der Waals surface area contributed by atoms with Gasteiger partial charge in [-0.25, -0.2) is 0 Å². The Bertz CT molecular complexity index is 247. The van der Waals surface area contributed by atoms with Crippen molar-refractivity contribution >= 4 is 10.2 Å². The lowest BCUT2D eigenvalue weighted by atomic mass is 10.1. The van der Waals surface area contributed by atoms with Crippen LogP contribution in [0, 0.1) is 0 Å². The molecule has 0 aromatic carbocycles. The zero-order valence-electron chi connectivity index (χ0n) is 19.3. The van der Waals surface area contributed by atoms with Gasteiger partial charge in [-0.3, -0.25) is 0 Å². The van der Waals surface area contributed by atoms with Crippen molar-refractivity contribution in [1.82, 2.24) is 0 Å². The van der Waals surface area contributed by atoms with E-state index in [1.165, 1.54) is 150 Å². The smallest absolute Gasteiger partial charge is 0.0784 e. The molecule has 0 radical (unpaired) electrons. The predicted octanol–water partition coefficient (Wildman–Crippen LogP) is 6.89. The molecule has 0 saturated carbocycles. The summed E-state index contributed by atoms with van der Waals surface area (Å²) in [5, 5.41) is 0. The second kappa shape index (κ2) is 19.9. The molecule has 0 amide bonds. The topological polar surface area (TPSA) is 0 Å². The van der Waals surface area contributed by atoms with Gasteiger partial charge in [-0.2, -0.15) is 0 Å². The molecular weight excluding hydrogens is 330 g/mol. The molecule has 0 spiro atoms. The summed E-state index contributed by atoms with van der Waals surface area (Å²) in [6.07, 6.45) is 24.7. The van der Waals surface area contributed by atoms with Crippen LogP contribution in [0.2, 0.25) is 6.04 Å². The number of nitrogens with zero attached hydrogens (tertiary/aromatic N) is 1. The highest BCUT2D eigenvalue weighted by Gasteiger charge is 2.19. The van der Waals surface area contributed by atoms with Crippen LogP contribution in [-0.2, 0) is 0 Å². The summed E-state index contributed by atoms with van der Waals surface area (Å²) in [6.45, 7) is 8.94. The molecule has 0 bridgehead atoms. The molecule has 0 aromatic heterocycles. The quantitative estimate of drug-likeness (QED) is 0.115. The van der Waals surface area contributed by atoms with Gasteiger partial charge in [0.15, 0.2) is 0 Å². The van der Waals surface area contributed by atoms with Gasteiger partial charge < -0.3 is 4.48 Å². The van der Waals surface area contributed by atoms with E-state index in [0.29, 0.717) is 0 Å². The average molecular weight is 385 g/mol. The fourth-order valence-corrected chi connectivity index (χ4v) is 4.45. The van der Waals surface area contributed by atoms with Crippen LogP contribution in [0.25, 0.3) is 0 Å². The summed E-state index contributed by atoms with van der Waals surface area (Å²) >= 11 is 0. The molecule has 0 unspecified atom stereocenters. The van der Waals surface area contributed by atoms with Crippen molar-refractivity contribution in [3.8, 4) is 0 Å². The van der Waals surface area contributed by atoms with Gasteiger partial charge in [-0.1, -0.05) is 96.9 Å². The molecule has 0 heterocycles. The van der Waals surface area contributed by atoms with Gasteiger partial charge in [0.1, 0.15) is 0 Å². The van der Waals surface area contributed by atoms with Gasteiger partial charge in [0.25, 0.3) is 0 Å². The lowest BCUT2D eigenvalue weighted by molar-refractivity contribution is -0.910. The Kier molecular flexibility index (Phi) is 20.1. The number of rotatable bonds is 21. The Balaban J connectivity index is 3.78. The molecule has 158 valence electrons. The van der Waals surface area contributed by atoms with E-state index in [0.717, 1.165) is 0 Å². The van der Waals surface area contributed by atoms with E-state index in [-0.39, 0.29) is 0 Å². The van der Waals surface area contributed by atoms with E-state index in [2.05, 4.69) is 20.9 Å². The van der Waals surface area contributed by atoms with Crippen LogP contribution in [0.3, 0.4) is 0 Å². The molecule has 1 nitrogen and oxygen atoms in total. The Morgan fingerprint density at radius 3 is 1.12 bits per heavy atom. The molecule has 0 fully saturated rings. The molecule has 0 aliphatic heterocycles. The third kappa shape index (κ3) is 17.6. The minimum Gasteiger partial charge on any atom is -0.326 e. The highest BCUT2D eigenvalue weighted by atomic mass is 28.1. The van der Waals surface area contributed by atoms with Crippen LogP contribution in [0.15, 0.2) is 0 Å². The molecular formula is C24H54NSi+. The van der Waals surface area contributed by atoms with Crippen LogP contribution in [0.4, 0.5) is 0 Å². The van der Waals surface area contributed by atoms with E-state index in [1.54, 1.807) is 0 Å².